The third kappa shape index (κ3) is 3.46. The van der Waals surface area contributed by atoms with E-state index < -0.39 is 0 Å². The summed E-state index contributed by atoms with van der Waals surface area (Å²) in [4.78, 5) is 0. The quantitative estimate of drug-likeness (QED) is 0.862. The fourth-order valence-corrected chi connectivity index (χ4v) is 2.09. The SMILES string of the molecule is COc1ccc(COc2ccc(Cl)cc2Cl)cc1N. The van der Waals surface area contributed by atoms with Gasteiger partial charge in [-0.05, 0) is 35.9 Å². The molecule has 0 saturated heterocycles. The summed E-state index contributed by atoms with van der Waals surface area (Å²) in [7, 11) is 1.58. The molecule has 2 N–H and O–H groups in total. The Morgan fingerprint density at radius 3 is 2.42 bits per heavy atom. The molecule has 0 fully saturated rings. The topological polar surface area (TPSA) is 44.5 Å². The molecule has 19 heavy (non-hydrogen) atoms. The molecule has 3 nitrogen and oxygen atoms in total. The van der Waals surface area contributed by atoms with Crippen LogP contribution in [0.2, 0.25) is 10.0 Å². The minimum absolute atomic E-state index is 0.371. The molecule has 2 rings (SSSR count). The van der Waals surface area contributed by atoms with Crippen LogP contribution in [-0.4, -0.2) is 7.11 Å². The van der Waals surface area contributed by atoms with E-state index in [2.05, 4.69) is 0 Å². The molecular weight excluding hydrogens is 285 g/mol. The van der Waals surface area contributed by atoms with Crippen molar-refractivity contribution in [3.63, 3.8) is 0 Å². The maximum Gasteiger partial charge on any atom is 0.141 e. The molecular formula is C14H13Cl2NO2. The number of nitrogens with two attached hydrogens (primary N) is 1. The normalized spacial score (nSPS) is 10.3. The van der Waals surface area contributed by atoms with Gasteiger partial charge >= 0.3 is 0 Å². The summed E-state index contributed by atoms with van der Waals surface area (Å²) in [6, 6.07) is 10.6. The maximum absolute atomic E-state index is 6.02. The predicted octanol–water partition coefficient (Wildman–Crippen LogP) is 4.16. The molecule has 0 bridgehead atoms. The monoisotopic (exact) mass is 297 g/mol. The summed E-state index contributed by atoms with van der Waals surface area (Å²) in [5.74, 6) is 1.23. The molecule has 0 aliphatic carbocycles. The highest BCUT2D eigenvalue weighted by Gasteiger charge is 2.05. The molecule has 100 valence electrons. The molecule has 2 aromatic rings. The van der Waals surface area contributed by atoms with Gasteiger partial charge in [0.2, 0.25) is 0 Å². The first-order valence-electron chi connectivity index (χ1n) is 5.60. The van der Waals surface area contributed by atoms with Gasteiger partial charge in [-0.15, -0.1) is 0 Å². The van der Waals surface area contributed by atoms with Gasteiger partial charge < -0.3 is 15.2 Å². The van der Waals surface area contributed by atoms with E-state index in [-0.39, 0.29) is 0 Å². The lowest BCUT2D eigenvalue weighted by Gasteiger charge is -2.10. The van der Waals surface area contributed by atoms with Crippen LogP contribution in [0.5, 0.6) is 11.5 Å². The minimum atomic E-state index is 0.371. The van der Waals surface area contributed by atoms with E-state index in [0.29, 0.717) is 33.8 Å². The zero-order valence-electron chi connectivity index (χ0n) is 10.3. The lowest BCUT2D eigenvalue weighted by molar-refractivity contribution is 0.306. The van der Waals surface area contributed by atoms with Crippen molar-refractivity contribution in [2.45, 2.75) is 6.61 Å². The summed E-state index contributed by atoms with van der Waals surface area (Å²) in [6.45, 7) is 0.371. The number of methoxy groups -OCH3 is 1. The third-order valence-corrected chi connectivity index (χ3v) is 3.11. The first-order chi connectivity index (χ1) is 9.10. The van der Waals surface area contributed by atoms with Crippen LogP contribution in [0, 0.1) is 0 Å². The Morgan fingerprint density at radius 1 is 1.05 bits per heavy atom. The van der Waals surface area contributed by atoms with Crippen molar-refractivity contribution in [3.8, 4) is 11.5 Å². The summed E-state index contributed by atoms with van der Waals surface area (Å²) in [6.07, 6.45) is 0. The van der Waals surface area contributed by atoms with Gasteiger partial charge in [-0.2, -0.15) is 0 Å². The summed E-state index contributed by atoms with van der Waals surface area (Å²) in [5, 5.41) is 1.06. The number of hydrogen-bond donors (Lipinski definition) is 1. The molecule has 0 saturated carbocycles. The number of rotatable bonds is 4. The highest BCUT2D eigenvalue weighted by atomic mass is 35.5. The van der Waals surface area contributed by atoms with E-state index in [4.69, 9.17) is 38.4 Å². The van der Waals surface area contributed by atoms with Gasteiger partial charge in [0.1, 0.15) is 18.1 Å². The van der Waals surface area contributed by atoms with Gasteiger partial charge in [0, 0.05) is 5.02 Å². The van der Waals surface area contributed by atoms with Crippen LogP contribution in [-0.2, 0) is 6.61 Å². The van der Waals surface area contributed by atoms with Gasteiger partial charge in [-0.3, -0.25) is 0 Å². The van der Waals surface area contributed by atoms with Gasteiger partial charge in [-0.1, -0.05) is 29.3 Å². The highest BCUT2D eigenvalue weighted by Crippen LogP contribution is 2.29. The van der Waals surface area contributed by atoms with Crippen LogP contribution in [0.1, 0.15) is 5.56 Å². The average Bonchev–Trinajstić information content (AvgIpc) is 2.38. The van der Waals surface area contributed by atoms with E-state index >= 15 is 0 Å². The van der Waals surface area contributed by atoms with Gasteiger partial charge in [0.25, 0.3) is 0 Å². The van der Waals surface area contributed by atoms with Crippen molar-refractivity contribution in [3.05, 3.63) is 52.0 Å². The fraction of sp³-hybridized carbons (Fsp3) is 0.143. The van der Waals surface area contributed by atoms with E-state index in [1.54, 1.807) is 31.4 Å². The molecule has 0 spiro atoms. The second-order valence-corrected chi connectivity index (χ2v) is 4.78. The Kier molecular flexibility index (Phi) is 4.40. The molecule has 0 heterocycles. The van der Waals surface area contributed by atoms with Gasteiger partial charge in [0.15, 0.2) is 0 Å². The van der Waals surface area contributed by atoms with Crippen LogP contribution < -0.4 is 15.2 Å². The van der Waals surface area contributed by atoms with Crippen LogP contribution in [0.15, 0.2) is 36.4 Å². The second-order valence-electron chi connectivity index (χ2n) is 3.94. The van der Waals surface area contributed by atoms with Crippen molar-refractivity contribution in [1.82, 2.24) is 0 Å². The Morgan fingerprint density at radius 2 is 1.79 bits per heavy atom. The number of nitrogen functional groups attached to an aromatic ring is 1. The largest absolute Gasteiger partial charge is 0.495 e. The zero-order chi connectivity index (χ0) is 13.8. The molecule has 0 aromatic heterocycles. The van der Waals surface area contributed by atoms with E-state index in [0.717, 1.165) is 5.56 Å². The predicted molar refractivity (Wildman–Crippen MR) is 78.2 cm³/mol. The summed E-state index contributed by atoms with van der Waals surface area (Å²) in [5.41, 5.74) is 7.34. The molecule has 0 atom stereocenters. The molecule has 0 unspecified atom stereocenters. The van der Waals surface area contributed by atoms with Crippen LogP contribution in [0.4, 0.5) is 5.69 Å². The number of halogens is 2. The average molecular weight is 298 g/mol. The van der Waals surface area contributed by atoms with E-state index in [1.165, 1.54) is 0 Å². The highest BCUT2D eigenvalue weighted by molar-refractivity contribution is 6.35. The lowest BCUT2D eigenvalue weighted by Crippen LogP contribution is -1.99. The van der Waals surface area contributed by atoms with Crippen molar-refractivity contribution in [2.24, 2.45) is 0 Å². The van der Waals surface area contributed by atoms with Crippen LogP contribution in [0.25, 0.3) is 0 Å². The second kappa shape index (κ2) is 6.04. The minimum Gasteiger partial charge on any atom is -0.495 e. The number of anilines is 1. The summed E-state index contributed by atoms with van der Waals surface area (Å²) >= 11 is 11.8. The fourth-order valence-electron chi connectivity index (χ4n) is 1.63. The Bertz CT molecular complexity index is 588. The molecule has 0 amide bonds. The number of hydrogen-bond acceptors (Lipinski definition) is 3. The smallest absolute Gasteiger partial charge is 0.141 e. The van der Waals surface area contributed by atoms with E-state index in [9.17, 15) is 0 Å². The number of benzene rings is 2. The van der Waals surface area contributed by atoms with Crippen molar-refractivity contribution in [2.75, 3.05) is 12.8 Å². The number of ether oxygens (including phenoxy) is 2. The molecule has 5 heteroatoms. The first kappa shape index (κ1) is 13.8. The van der Waals surface area contributed by atoms with E-state index in [1.807, 2.05) is 12.1 Å². The maximum atomic E-state index is 6.02. The molecule has 2 aromatic carbocycles. The Balaban J connectivity index is 2.08. The zero-order valence-corrected chi connectivity index (χ0v) is 11.8. The molecule has 0 aliphatic rings. The van der Waals surface area contributed by atoms with Gasteiger partial charge in [0.05, 0.1) is 17.8 Å². The van der Waals surface area contributed by atoms with Crippen molar-refractivity contribution >= 4 is 28.9 Å². The third-order valence-electron chi connectivity index (χ3n) is 2.58. The summed E-state index contributed by atoms with van der Waals surface area (Å²) < 4.78 is 10.7. The molecule has 0 radical (unpaired) electrons. The Labute approximate surface area is 121 Å². The first-order valence-corrected chi connectivity index (χ1v) is 6.36. The Hall–Kier alpha value is -1.58. The molecule has 0 aliphatic heterocycles. The standard InChI is InChI=1S/C14H13Cl2NO2/c1-18-14-4-2-9(6-12(14)17)8-19-13-5-3-10(15)7-11(13)16/h2-7H,8,17H2,1H3. The lowest BCUT2D eigenvalue weighted by atomic mass is 10.2. The van der Waals surface area contributed by atoms with Crippen molar-refractivity contribution in [1.29, 1.82) is 0 Å². The van der Waals surface area contributed by atoms with Crippen molar-refractivity contribution < 1.29 is 9.47 Å². The van der Waals surface area contributed by atoms with Crippen LogP contribution >= 0.6 is 23.2 Å². The van der Waals surface area contributed by atoms with Gasteiger partial charge in [-0.25, -0.2) is 0 Å². The van der Waals surface area contributed by atoms with Crippen LogP contribution in [0.3, 0.4) is 0 Å².